The third-order valence-corrected chi connectivity index (χ3v) is 5.50. The summed E-state index contributed by atoms with van der Waals surface area (Å²) in [4.78, 5) is 14.4. The molecule has 1 aliphatic rings. The van der Waals surface area contributed by atoms with Gasteiger partial charge in [0, 0.05) is 11.4 Å². The Balaban J connectivity index is 2.06. The third-order valence-electron chi connectivity index (χ3n) is 2.97. The van der Waals surface area contributed by atoms with E-state index in [4.69, 9.17) is 0 Å². The van der Waals surface area contributed by atoms with Crippen LogP contribution in [0.3, 0.4) is 0 Å². The van der Waals surface area contributed by atoms with Gasteiger partial charge in [0.15, 0.2) is 0 Å². The lowest BCUT2D eigenvalue weighted by molar-refractivity contribution is -0.113. The number of fused-ring (bicyclic) bond motifs is 1. The van der Waals surface area contributed by atoms with Crippen molar-refractivity contribution in [2.45, 2.75) is 16.2 Å². The molecule has 0 atom stereocenters. The van der Waals surface area contributed by atoms with Gasteiger partial charge < -0.3 is 10.2 Å². The number of carbonyl (C=O) groups is 1. The lowest BCUT2D eigenvalue weighted by Crippen LogP contribution is -2.27. The highest BCUT2D eigenvalue weighted by Gasteiger charge is 2.20. The van der Waals surface area contributed by atoms with Gasteiger partial charge in [-0.05, 0) is 45.3 Å². The van der Waals surface area contributed by atoms with Gasteiger partial charge in [-0.1, -0.05) is 0 Å². The van der Waals surface area contributed by atoms with E-state index in [1.54, 1.807) is 12.1 Å². The summed E-state index contributed by atoms with van der Waals surface area (Å²) in [5.74, 6) is 0.253. The number of rotatable bonds is 6. The molecule has 116 valence electrons. The normalized spacial score (nSPS) is 14.9. The SMILES string of the molecule is CN(C)CCCNS(=O)(=O)c1ccc2c(c1)NC(=O)CS2. The van der Waals surface area contributed by atoms with Crippen LogP contribution >= 0.6 is 11.8 Å². The van der Waals surface area contributed by atoms with E-state index < -0.39 is 10.0 Å². The molecular formula is C13H19N3O3S2. The fraction of sp³-hybridized carbons (Fsp3) is 0.462. The molecule has 2 N–H and O–H groups in total. The fourth-order valence-electron chi connectivity index (χ4n) is 1.91. The molecule has 1 aromatic carbocycles. The van der Waals surface area contributed by atoms with Gasteiger partial charge in [-0.15, -0.1) is 11.8 Å². The molecule has 0 unspecified atom stereocenters. The summed E-state index contributed by atoms with van der Waals surface area (Å²) in [6.07, 6.45) is 0.740. The molecule has 0 aromatic heterocycles. The van der Waals surface area contributed by atoms with Gasteiger partial charge in [-0.2, -0.15) is 0 Å². The molecular weight excluding hydrogens is 310 g/mol. The van der Waals surface area contributed by atoms with Crippen molar-refractivity contribution in [3.63, 3.8) is 0 Å². The first kappa shape index (κ1) is 16.3. The van der Waals surface area contributed by atoms with Crippen molar-refractivity contribution >= 4 is 33.4 Å². The van der Waals surface area contributed by atoms with Gasteiger partial charge in [-0.25, -0.2) is 13.1 Å². The second-order valence-corrected chi connectivity index (χ2v) is 7.83. The lowest BCUT2D eigenvalue weighted by Gasteiger charge is -2.17. The lowest BCUT2D eigenvalue weighted by atomic mass is 10.3. The highest BCUT2D eigenvalue weighted by molar-refractivity contribution is 8.00. The van der Waals surface area contributed by atoms with Crippen molar-refractivity contribution in [2.24, 2.45) is 0 Å². The second kappa shape index (κ2) is 6.78. The summed E-state index contributed by atoms with van der Waals surface area (Å²) in [6.45, 7) is 1.21. The zero-order valence-electron chi connectivity index (χ0n) is 12.0. The zero-order chi connectivity index (χ0) is 15.5. The third kappa shape index (κ3) is 4.44. The maximum atomic E-state index is 12.2. The van der Waals surface area contributed by atoms with Crippen LogP contribution in [-0.4, -0.2) is 52.2 Å². The quantitative estimate of drug-likeness (QED) is 0.760. The van der Waals surface area contributed by atoms with Crippen LogP contribution < -0.4 is 10.0 Å². The molecule has 0 bridgehead atoms. The molecule has 6 nitrogen and oxygen atoms in total. The van der Waals surface area contributed by atoms with Crippen molar-refractivity contribution in [2.75, 3.05) is 38.3 Å². The molecule has 1 aliphatic heterocycles. The van der Waals surface area contributed by atoms with Crippen LogP contribution in [0.4, 0.5) is 5.69 Å². The van der Waals surface area contributed by atoms with Crippen LogP contribution in [0.1, 0.15) is 6.42 Å². The Hall–Kier alpha value is -1.09. The highest BCUT2D eigenvalue weighted by atomic mass is 32.2. The molecule has 0 aliphatic carbocycles. The molecule has 1 aromatic rings. The summed E-state index contributed by atoms with van der Waals surface area (Å²) >= 11 is 1.41. The van der Waals surface area contributed by atoms with E-state index in [1.165, 1.54) is 17.8 Å². The molecule has 0 fully saturated rings. The van der Waals surface area contributed by atoms with Crippen molar-refractivity contribution < 1.29 is 13.2 Å². The molecule has 1 heterocycles. The first-order valence-electron chi connectivity index (χ1n) is 6.59. The zero-order valence-corrected chi connectivity index (χ0v) is 13.7. The number of hydrogen-bond donors (Lipinski definition) is 2. The minimum absolute atomic E-state index is 0.110. The summed E-state index contributed by atoms with van der Waals surface area (Å²) in [5, 5.41) is 2.70. The first-order valence-corrected chi connectivity index (χ1v) is 9.06. The number of nitrogens with zero attached hydrogens (tertiary/aromatic N) is 1. The Bertz CT molecular complexity index is 630. The summed E-state index contributed by atoms with van der Waals surface area (Å²) < 4.78 is 27.0. The average molecular weight is 329 g/mol. The van der Waals surface area contributed by atoms with E-state index in [0.29, 0.717) is 18.0 Å². The van der Waals surface area contributed by atoms with E-state index in [2.05, 4.69) is 10.0 Å². The first-order chi connectivity index (χ1) is 9.88. The van der Waals surface area contributed by atoms with Crippen LogP contribution in [0.5, 0.6) is 0 Å². The van der Waals surface area contributed by atoms with Gasteiger partial charge in [0.25, 0.3) is 0 Å². The monoisotopic (exact) mass is 329 g/mol. The second-order valence-electron chi connectivity index (χ2n) is 5.05. The van der Waals surface area contributed by atoms with E-state index in [0.717, 1.165) is 17.9 Å². The molecule has 0 radical (unpaired) electrons. The van der Waals surface area contributed by atoms with Gasteiger partial charge in [-0.3, -0.25) is 4.79 Å². The highest BCUT2D eigenvalue weighted by Crippen LogP contribution is 2.32. The Morgan fingerprint density at radius 2 is 2.14 bits per heavy atom. The minimum Gasteiger partial charge on any atom is -0.324 e. The van der Waals surface area contributed by atoms with E-state index in [9.17, 15) is 13.2 Å². The Morgan fingerprint density at radius 1 is 1.38 bits per heavy atom. The maximum Gasteiger partial charge on any atom is 0.240 e. The number of nitrogens with one attached hydrogen (secondary N) is 2. The van der Waals surface area contributed by atoms with Crippen molar-refractivity contribution in [3.05, 3.63) is 18.2 Å². The summed E-state index contributed by atoms with van der Waals surface area (Å²) in [6, 6.07) is 4.80. The largest absolute Gasteiger partial charge is 0.324 e. The smallest absolute Gasteiger partial charge is 0.240 e. The number of hydrogen-bond acceptors (Lipinski definition) is 5. The number of amides is 1. The Morgan fingerprint density at radius 3 is 2.86 bits per heavy atom. The van der Waals surface area contributed by atoms with Gasteiger partial charge in [0.1, 0.15) is 0 Å². The van der Waals surface area contributed by atoms with E-state index >= 15 is 0 Å². The number of benzene rings is 1. The van der Waals surface area contributed by atoms with E-state index in [-0.39, 0.29) is 10.8 Å². The van der Waals surface area contributed by atoms with Crippen molar-refractivity contribution in [1.82, 2.24) is 9.62 Å². The van der Waals surface area contributed by atoms with Crippen LogP contribution in [-0.2, 0) is 14.8 Å². The fourth-order valence-corrected chi connectivity index (χ4v) is 3.80. The van der Waals surface area contributed by atoms with E-state index in [1.807, 2.05) is 19.0 Å². The van der Waals surface area contributed by atoms with Crippen LogP contribution in [0.2, 0.25) is 0 Å². The van der Waals surface area contributed by atoms with Crippen molar-refractivity contribution in [3.8, 4) is 0 Å². The number of anilines is 1. The molecule has 21 heavy (non-hydrogen) atoms. The predicted octanol–water partition coefficient (Wildman–Crippen LogP) is 0.961. The topological polar surface area (TPSA) is 78.5 Å². The number of sulfonamides is 1. The van der Waals surface area contributed by atoms with Crippen LogP contribution in [0.15, 0.2) is 28.0 Å². The standard InChI is InChI=1S/C13H19N3O3S2/c1-16(2)7-3-6-14-21(18,19)10-4-5-12-11(8-10)15-13(17)9-20-12/h4-5,8,14H,3,6-7,9H2,1-2H3,(H,15,17). The van der Waals surface area contributed by atoms with Crippen LogP contribution in [0.25, 0.3) is 0 Å². The minimum atomic E-state index is -3.54. The summed E-state index contributed by atoms with van der Waals surface area (Å²) in [5.41, 5.74) is 0.562. The maximum absolute atomic E-state index is 12.2. The molecule has 0 saturated heterocycles. The predicted molar refractivity (Wildman–Crippen MR) is 84.2 cm³/mol. The van der Waals surface area contributed by atoms with Crippen LogP contribution in [0, 0.1) is 0 Å². The summed E-state index contributed by atoms with van der Waals surface area (Å²) in [7, 11) is 0.347. The number of thioether (sulfide) groups is 1. The molecule has 2 rings (SSSR count). The molecule has 0 saturated carbocycles. The van der Waals surface area contributed by atoms with Gasteiger partial charge >= 0.3 is 0 Å². The van der Waals surface area contributed by atoms with Crippen molar-refractivity contribution in [1.29, 1.82) is 0 Å². The van der Waals surface area contributed by atoms with Gasteiger partial charge in [0.2, 0.25) is 15.9 Å². The Labute approximate surface area is 129 Å². The molecule has 8 heteroatoms. The molecule has 0 spiro atoms. The Kier molecular flexibility index (Phi) is 5.26. The average Bonchev–Trinajstić information content (AvgIpc) is 2.42. The number of carbonyl (C=O) groups excluding carboxylic acids is 1. The molecule has 1 amide bonds. The van der Waals surface area contributed by atoms with Gasteiger partial charge in [0.05, 0.1) is 16.3 Å².